The third-order valence-electron chi connectivity index (χ3n) is 12.2. The van der Waals surface area contributed by atoms with Crippen molar-refractivity contribution in [2.24, 2.45) is 5.92 Å². The second kappa shape index (κ2) is 20.1. The number of carbonyl (C=O) groups excluding carboxylic acids is 3. The number of aromatic amines is 1. The Hall–Kier alpha value is -5.50. The average molecular weight is 868 g/mol. The Morgan fingerprint density at radius 2 is 1.61 bits per heavy atom. The number of hydrazine groups is 1. The van der Waals surface area contributed by atoms with Crippen LogP contribution in [0.5, 0.6) is 0 Å². The highest BCUT2D eigenvalue weighted by Crippen LogP contribution is 2.24. The lowest BCUT2D eigenvalue weighted by atomic mass is 9.95. The minimum Gasteiger partial charge on any atom is -0.368 e. The molecule has 18 nitrogen and oxygen atoms in total. The van der Waals surface area contributed by atoms with Crippen molar-refractivity contribution in [2.45, 2.75) is 32.7 Å². The van der Waals surface area contributed by atoms with E-state index in [0.717, 1.165) is 93.0 Å². The van der Waals surface area contributed by atoms with Crippen LogP contribution in [0.4, 0.5) is 11.4 Å². The van der Waals surface area contributed by atoms with Crippen LogP contribution in [0, 0.1) is 5.92 Å². The summed E-state index contributed by atoms with van der Waals surface area (Å²) in [6.45, 7) is 12.7. The second-order valence-electron chi connectivity index (χ2n) is 16.3. The molecule has 3 saturated heterocycles. The maximum absolute atomic E-state index is 13.4. The number of anilines is 2. The molecule has 3 fully saturated rings. The largest absolute Gasteiger partial charge is 0.368 e. The van der Waals surface area contributed by atoms with Gasteiger partial charge in [0.2, 0.25) is 5.91 Å². The number of carbonyl (C=O) groups is 3. The number of H-pyrrole nitrogens is 1. The molecule has 0 saturated carbocycles. The molecule has 0 bridgehead atoms. The molecule has 0 unspecified atom stereocenters. The van der Waals surface area contributed by atoms with E-state index in [1.165, 1.54) is 0 Å². The Morgan fingerprint density at radius 3 is 2.32 bits per heavy atom. The summed E-state index contributed by atoms with van der Waals surface area (Å²) in [4.78, 5) is 78.8. The van der Waals surface area contributed by atoms with Gasteiger partial charge in [0, 0.05) is 96.8 Å². The number of piperazine rings is 2. The van der Waals surface area contributed by atoms with Crippen LogP contribution < -0.4 is 32.1 Å². The molecule has 0 radical (unpaired) electrons. The van der Waals surface area contributed by atoms with E-state index in [4.69, 9.17) is 11.6 Å². The van der Waals surface area contributed by atoms with Crippen LogP contribution >= 0.6 is 11.6 Å². The lowest BCUT2D eigenvalue weighted by Gasteiger charge is -2.38. The topological polar surface area (TPSA) is 195 Å². The summed E-state index contributed by atoms with van der Waals surface area (Å²) in [7, 11) is 0. The summed E-state index contributed by atoms with van der Waals surface area (Å²) in [5.74, 6) is 0.00546. The molecule has 4 aromatic rings. The maximum atomic E-state index is 13.4. The number of piperidine rings is 1. The van der Waals surface area contributed by atoms with Gasteiger partial charge >= 0.3 is 0 Å². The zero-order valence-electron chi connectivity index (χ0n) is 35.2. The number of nitrogens with one attached hydrogen (secondary N) is 4. The van der Waals surface area contributed by atoms with Crippen LogP contribution in [-0.4, -0.2) is 154 Å². The number of pyridine rings is 4. The first-order valence-electron chi connectivity index (χ1n) is 21.6. The number of nitrogens with two attached hydrogens (primary N) is 1. The fourth-order valence-corrected chi connectivity index (χ4v) is 8.69. The summed E-state index contributed by atoms with van der Waals surface area (Å²) >= 11 is 6.39. The molecule has 0 aliphatic carbocycles. The van der Waals surface area contributed by atoms with Crippen molar-refractivity contribution < 1.29 is 19.8 Å². The van der Waals surface area contributed by atoms with Crippen LogP contribution in [0.2, 0.25) is 5.15 Å². The minimum atomic E-state index is -0.246. The zero-order chi connectivity index (χ0) is 43.0. The van der Waals surface area contributed by atoms with Gasteiger partial charge in [-0.05, 0) is 67.1 Å². The number of hydrogen-bond acceptors (Lipinski definition) is 13. The van der Waals surface area contributed by atoms with Crippen LogP contribution in [0.3, 0.4) is 0 Å². The Kier molecular flexibility index (Phi) is 14.0. The van der Waals surface area contributed by atoms with Crippen LogP contribution in [0.15, 0.2) is 66.0 Å². The number of fused-ring (bicyclic) bond motifs is 1. The number of likely N-dealkylation sites (tertiary alicyclic amines) is 1. The number of aromatic nitrogens is 4. The van der Waals surface area contributed by atoms with E-state index in [-0.39, 0.29) is 40.7 Å². The standard InChI is InChI=1S/C43H55ClN14O4/c1-2-32-24-37-38(51-41(32)60)23-31(25-46-37)29-54-15-19-55(20-16-54)33-3-4-35(47-26-33)42(61)57-21-17-53(18-22-57)28-30-7-11-56(12-8-30)43(62)36-6-5-34(40(44)50-36)49-39(59)27-45-9-13-58-14-10-48-52-58/h3-6,10,14,23-26,30,45,48,52H,2,7-9,11-13,15-22,27-29H2,1H3,(H,49,59)(H,51,60)/p+1. The Labute approximate surface area is 365 Å². The average Bonchev–Trinajstić information content (AvgIpc) is 3.82. The van der Waals surface area contributed by atoms with E-state index in [9.17, 15) is 19.2 Å². The number of amides is 3. The van der Waals surface area contributed by atoms with E-state index in [1.54, 1.807) is 12.1 Å². The molecule has 8 rings (SSSR count). The Morgan fingerprint density at radius 1 is 0.871 bits per heavy atom. The van der Waals surface area contributed by atoms with Crippen molar-refractivity contribution in [1.82, 2.24) is 55.4 Å². The van der Waals surface area contributed by atoms with E-state index < -0.39 is 0 Å². The summed E-state index contributed by atoms with van der Waals surface area (Å²) < 4.78 is 0. The normalized spacial score (nSPS) is 17.9. The monoisotopic (exact) mass is 867 g/mol. The number of quaternary nitrogens is 1. The highest BCUT2D eigenvalue weighted by atomic mass is 35.5. The second-order valence-corrected chi connectivity index (χ2v) is 16.7. The van der Waals surface area contributed by atoms with E-state index in [1.807, 2.05) is 76.2 Å². The molecule has 328 valence electrons. The molecule has 4 aromatic heterocycles. The first-order valence-corrected chi connectivity index (χ1v) is 22.0. The van der Waals surface area contributed by atoms with Crippen molar-refractivity contribution in [3.63, 3.8) is 0 Å². The van der Waals surface area contributed by atoms with Crippen molar-refractivity contribution in [3.05, 3.63) is 99.2 Å². The van der Waals surface area contributed by atoms with Gasteiger partial charge < -0.3 is 30.3 Å². The molecule has 19 heteroatoms. The predicted molar refractivity (Wildman–Crippen MR) is 236 cm³/mol. The third kappa shape index (κ3) is 10.7. The molecular weight excluding hydrogens is 812 g/mol. The van der Waals surface area contributed by atoms with Crippen molar-refractivity contribution in [1.29, 1.82) is 0 Å². The lowest BCUT2D eigenvalue weighted by molar-refractivity contribution is -0.661. The molecule has 4 aliphatic rings. The molecule has 6 N–H and O–H groups in total. The van der Waals surface area contributed by atoms with Gasteiger partial charge in [0.15, 0.2) is 5.15 Å². The van der Waals surface area contributed by atoms with E-state index >= 15 is 0 Å². The van der Waals surface area contributed by atoms with Crippen molar-refractivity contribution in [3.8, 4) is 0 Å². The summed E-state index contributed by atoms with van der Waals surface area (Å²) in [6.07, 6.45) is 9.99. The summed E-state index contributed by atoms with van der Waals surface area (Å²) in [5.41, 5.74) is 10.3. The molecule has 8 heterocycles. The van der Waals surface area contributed by atoms with Gasteiger partial charge in [-0.2, -0.15) is 0 Å². The molecule has 3 amide bonds. The fraction of sp³-hybridized carbons (Fsp3) is 0.465. The number of halogens is 1. The van der Waals surface area contributed by atoms with Gasteiger partial charge in [0.05, 0.1) is 47.9 Å². The zero-order valence-corrected chi connectivity index (χ0v) is 35.9. The molecule has 0 atom stereocenters. The van der Waals surface area contributed by atoms with Gasteiger partial charge in [-0.1, -0.05) is 24.1 Å². The lowest BCUT2D eigenvalue weighted by Crippen LogP contribution is -2.87. The maximum Gasteiger partial charge on any atom is 0.272 e. The predicted octanol–water partition coefficient (Wildman–Crippen LogP) is 0.859. The highest BCUT2D eigenvalue weighted by Gasteiger charge is 2.29. The Balaban J connectivity index is 0.721. The van der Waals surface area contributed by atoms with Gasteiger partial charge in [-0.25, -0.2) is 15.4 Å². The molecule has 0 aromatic carbocycles. The summed E-state index contributed by atoms with van der Waals surface area (Å²) in [6, 6.07) is 11.0. The summed E-state index contributed by atoms with van der Waals surface area (Å²) in [5, 5.41) is 7.84. The van der Waals surface area contributed by atoms with Crippen LogP contribution in [-0.2, 0) is 17.8 Å². The fourth-order valence-electron chi connectivity index (χ4n) is 8.49. The first-order chi connectivity index (χ1) is 30.2. The molecule has 4 aliphatic heterocycles. The quantitative estimate of drug-likeness (QED) is 0.0682. The van der Waals surface area contributed by atoms with Gasteiger partial charge in [0.25, 0.3) is 17.4 Å². The minimum absolute atomic E-state index is 0.0384. The third-order valence-corrected chi connectivity index (χ3v) is 12.4. The number of nitrogens with zero attached hydrogens (tertiary/aromatic N) is 9. The first kappa shape index (κ1) is 43.2. The van der Waals surface area contributed by atoms with Crippen molar-refractivity contribution in [2.75, 3.05) is 102 Å². The number of aryl methyl sites for hydroxylation is 1. The SMILES string of the molecule is CCc1cc2ncc(CN3CCN(c4ccc(C(=O)N5CCN(CC6CCN(C(=O)c7ccc(NC(=O)CNCCN8C=C[NH2+]N8)c(Cl)n7)CC6)CC5)nc4)CC3)cc2[nH]c1=O. The smallest absolute Gasteiger partial charge is 0.272 e. The van der Waals surface area contributed by atoms with Crippen molar-refractivity contribution >= 4 is 51.7 Å². The van der Waals surface area contributed by atoms with Crippen LogP contribution in [0.1, 0.15) is 51.9 Å². The molecule has 62 heavy (non-hydrogen) atoms. The van der Waals surface area contributed by atoms with Gasteiger partial charge in [0.1, 0.15) is 17.6 Å². The Bertz CT molecular complexity index is 2300. The number of rotatable bonds is 14. The van der Waals surface area contributed by atoms with Gasteiger partial charge in [-0.3, -0.25) is 39.0 Å². The molecular formula is C43H56ClN14O4+. The van der Waals surface area contributed by atoms with E-state index in [2.05, 4.69) is 50.8 Å². The number of hydrogen-bond donors (Lipinski definition) is 5. The van der Waals surface area contributed by atoms with Gasteiger partial charge in [-0.15, -0.1) is 0 Å². The van der Waals surface area contributed by atoms with Crippen LogP contribution in [0.25, 0.3) is 11.0 Å². The van der Waals surface area contributed by atoms with E-state index in [0.29, 0.717) is 63.0 Å². The highest BCUT2D eigenvalue weighted by molar-refractivity contribution is 6.32. The molecule has 0 spiro atoms.